The molecule has 0 unspecified atom stereocenters. The lowest BCUT2D eigenvalue weighted by Gasteiger charge is -2.55. The van der Waals surface area contributed by atoms with Crippen LogP contribution < -0.4 is 9.64 Å². The van der Waals surface area contributed by atoms with E-state index in [2.05, 4.69) is 24.8 Å². The molecular weight excluding hydrogens is 706 g/mol. The molecule has 5 aliphatic rings. The Bertz CT molecular complexity index is 2150. The maximum absolute atomic E-state index is 17.0. The molecule has 5 fully saturated rings. The summed E-state index contributed by atoms with van der Waals surface area (Å²) in [6.45, 7) is 4.88. The SMILES string of the molecule is Cc1nccc(/C=C/C(=O)N2CCN(c3nc(OC[C@@]45CCCN4C[C@H](F)C5)nc4c(F)c(-c5cc(O)cc(Cl)c5C5CC5)ncc34)CC23COC3)n1. The van der Waals surface area contributed by atoms with Gasteiger partial charge in [0.1, 0.15) is 46.9 Å². The zero-order chi connectivity index (χ0) is 36.5. The number of hydrogen-bond acceptors (Lipinski definition) is 11. The molecule has 1 N–H and O–H groups in total. The Hall–Kier alpha value is -4.53. The van der Waals surface area contributed by atoms with Gasteiger partial charge in [-0.05, 0) is 74.9 Å². The molecule has 4 aromatic rings. The average molecular weight is 745 g/mol. The zero-order valence-electron chi connectivity index (χ0n) is 29.3. The number of aryl methyl sites for hydroxylation is 1. The normalized spacial score (nSPS) is 24.0. The molecule has 0 radical (unpaired) electrons. The van der Waals surface area contributed by atoms with Crippen molar-refractivity contribution in [1.82, 2.24) is 34.7 Å². The number of aromatic hydroxyl groups is 1. The van der Waals surface area contributed by atoms with Gasteiger partial charge in [0.15, 0.2) is 5.82 Å². The van der Waals surface area contributed by atoms with E-state index in [4.69, 9.17) is 26.1 Å². The van der Waals surface area contributed by atoms with E-state index in [9.17, 15) is 14.3 Å². The molecule has 9 rings (SSSR count). The molecule has 1 spiro atoms. The Morgan fingerprint density at radius 1 is 1.17 bits per heavy atom. The number of fused-ring (bicyclic) bond motifs is 2. The number of rotatable bonds is 8. The van der Waals surface area contributed by atoms with E-state index < -0.39 is 23.1 Å². The summed E-state index contributed by atoms with van der Waals surface area (Å²) in [6, 6.07) is 4.68. The van der Waals surface area contributed by atoms with E-state index >= 15 is 4.39 Å². The lowest BCUT2D eigenvalue weighted by Crippen LogP contribution is -2.72. The van der Waals surface area contributed by atoms with Crippen molar-refractivity contribution in [1.29, 1.82) is 0 Å². The monoisotopic (exact) mass is 744 g/mol. The summed E-state index contributed by atoms with van der Waals surface area (Å²) in [5.74, 6) is 0.227. The second kappa shape index (κ2) is 13.1. The number of hydrogen-bond donors (Lipinski definition) is 1. The number of aromatic nitrogens is 5. The molecule has 1 saturated carbocycles. The number of phenols is 1. The fourth-order valence-corrected chi connectivity index (χ4v) is 9.02. The Balaban J connectivity index is 1.08. The quantitative estimate of drug-likeness (QED) is 0.238. The molecule has 4 aliphatic heterocycles. The summed E-state index contributed by atoms with van der Waals surface area (Å²) >= 11 is 6.60. The first-order valence-corrected chi connectivity index (χ1v) is 18.5. The number of ether oxygens (including phenoxy) is 2. The standard InChI is InChI=1S/C38H39ClF2N8O4/c1-22-42-9-7-25(44-22)5-6-30(51)49-12-11-47(18-38(49)19-52-20-38)35-28-16-43-33(27-13-26(50)14-29(39)31(27)23-3-4-23)32(41)34(28)45-36(46-35)53-21-37-8-2-10-48(37)17-24(40)15-37/h5-7,9,13-14,16,23-24,50H,2-4,8,10-12,15,17-21H2,1H3/b6-5+/t24-,37+/m1/s1. The summed E-state index contributed by atoms with van der Waals surface area (Å²) < 4.78 is 43.6. The van der Waals surface area contributed by atoms with E-state index in [1.54, 1.807) is 31.5 Å². The summed E-state index contributed by atoms with van der Waals surface area (Å²) in [4.78, 5) is 42.1. The highest BCUT2D eigenvalue weighted by Gasteiger charge is 2.51. The zero-order valence-corrected chi connectivity index (χ0v) is 30.0. The minimum Gasteiger partial charge on any atom is -0.508 e. The van der Waals surface area contributed by atoms with Gasteiger partial charge in [0, 0.05) is 61.7 Å². The van der Waals surface area contributed by atoms with Crippen LogP contribution in [-0.4, -0.2) is 116 Å². The van der Waals surface area contributed by atoms with Gasteiger partial charge < -0.3 is 24.4 Å². The van der Waals surface area contributed by atoms with Crippen LogP contribution in [0, 0.1) is 12.7 Å². The largest absolute Gasteiger partial charge is 0.508 e. The van der Waals surface area contributed by atoms with Gasteiger partial charge in [-0.1, -0.05) is 11.6 Å². The van der Waals surface area contributed by atoms with Gasteiger partial charge in [0.25, 0.3) is 0 Å². The first kappa shape index (κ1) is 34.3. The van der Waals surface area contributed by atoms with E-state index in [1.165, 1.54) is 18.2 Å². The molecule has 12 nitrogen and oxygen atoms in total. The summed E-state index contributed by atoms with van der Waals surface area (Å²) in [6.07, 6.45) is 9.38. The summed E-state index contributed by atoms with van der Waals surface area (Å²) in [5.41, 5.74) is 0.722. The molecule has 1 amide bonds. The van der Waals surface area contributed by atoms with E-state index in [0.717, 1.165) is 37.8 Å². The van der Waals surface area contributed by atoms with Gasteiger partial charge in [-0.2, -0.15) is 9.97 Å². The predicted octanol–water partition coefficient (Wildman–Crippen LogP) is 5.25. The fourth-order valence-electron chi connectivity index (χ4n) is 8.65. The number of piperazine rings is 1. The summed E-state index contributed by atoms with van der Waals surface area (Å²) in [5, 5.41) is 11.2. The van der Waals surface area contributed by atoms with Crippen molar-refractivity contribution in [2.75, 3.05) is 57.4 Å². The number of nitrogens with zero attached hydrogens (tertiary/aromatic N) is 8. The van der Waals surface area contributed by atoms with Crippen molar-refractivity contribution in [2.45, 2.75) is 62.2 Å². The fraction of sp³-hybridized carbons (Fsp3) is 0.474. The van der Waals surface area contributed by atoms with Gasteiger partial charge in [-0.3, -0.25) is 14.7 Å². The second-order valence-electron chi connectivity index (χ2n) is 15.0. The average Bonchev–Trinajstić information content (AvgIpc) is 3.81. The molecule has 4 saturated heterocycles. The molecule has 2 atom stereocenters. The number of anilines is 1. The molecule has 53 heavy (non-hydrogen) atoms. The second-order valence-corrected chi connectivity index (χ2v) is 15.4. The minimum atomic E-state index is -0.937. The molecule has 7 heterocycles. The van der Waals surface area contributed by atoms with Gasteiger partial charge in [-0.25, -0.2) is 18.7 Å². The van der Waals surface area contributed by atoms with Crippen molar-refractivity contribution in [3.05, 3.63) is 64.6 Å². The van der Waals surface area contributed by atoms with Crippen LogP contribution in [-0.2, 0) is 9.53 Å². The Morgan fingerprint density at radius 3 is 2.79 bits per heavy atom. The molecule has 3 aromatic heterocycles. The third-order valence-electron chi connectivity index (χ3n) is 11.4. The Labute approximate surface area is 309 Å². The van der Waals surface area contributed by atoms with Crippen LogP contribution in [0.3, 0.4) is 0 Å². The summed E-state index contributed by atoms with van der Waals surface area (Å²) in [7, 11) is 0. The lowest BCUT2D eigenvalue weighted by atomic mass is 9.91. The third kappa shape index (κ3) is 6.14. The maximum Gasteiger partial charge on any atom is 0.319 e. The van der Waals surface area contributed by atoms with E-state index in [-0.39, 0.29) is 41.4 Å². The van der Waals surface area contributed by atoms with Gasteiger partial charge in [0.2, 0.25) is 5.91 Å². The van der Waals surface area contributed by atoms with Crippen molar-refractivity contribution < 1.29 is 28.2 Å². The number of benzene rings is 1. The Kier molecular flexibility index (Phi) is 8.46. The molecule has 1 aliphatic carbocycles. The predicted molar refractivity (Wildman–Crippen MR) is 193 cm³/mol. The van der Waals surface area contributed by atoms with Crippen LogP contribution in [0.5, 0.6) is 11.8 Å². The van der Waals surface area contributed by atoms with Crippen LogP contribution in [0.1, 0.15) is 55.1 Å². The number of phenolic OH excluding ortho intramolecular Hbond substituents is 1. The highest BCUT2D eigenvalue weighted by molar-refractivity contribution is 6.32. The van der Waals surface area contributed by atoms with Crippen molar-refractivity contribution in [3.8, 4) is 23.0 Å². The highest BCUT2D eigenvalue weighted by atomic mass is 35.5. The van der Waals surface area contributed by atoms with Gasteiger partial charge in [0.05, 0.1) is 29.8 Å². The van der Waals surface area contributed by atoms with Crippen LogP contribution in [0.4, 0.5) is 14.6 Å². The number of carbonyl (C=O) groups is 1. The first-order valence-electron chi connectivity index (χ1n) is 18.1. The van der Waals surface area contributed by atoms with Crippen molar-refractivity contribution in [2.24, 2.45) is 0 Å². The van der Waals surface area contributed by atoms with Gasteiger partial charge >= 0.3 is 6.01 Å². The number of halogens is 3. The molecule has 15 heteroatoms. The van der Waals surface area contributed by atoms with E-state index in [1.807, 2.05) is 9.80 Å². The van der Waals surface area contributed by atoms with Gasteiger partial charge in [-0.15, -0.1) is 0 Å². The topological polar surface area (TPSA) is 130 Å². The maximum atomic E-state index is 17.0. The molecule has 1 aromatic carbocycles. The number of carbonyl (C=O) groups excluding carboxylic acids is 1. The highest BCUT2D eigenvalue weighted by Crippen LogP contribution is 2.49. The van der Waals surface area contributed by atoms with Crippen molar-refractivity contribution >= 4 is 40.3 Å². The first-order chi connectivity index (χ1) is 25.6. The molecule has 0 bridgehead atoms. The minimum absolute atomic E-state index is 0.00673. The smallest absolute Gasteiger partial charge is 0.319 e. The molecule has 276 valence electrons. The van der Waals surface area contributed by atoms with E-state index in [0.29, 0.717) is 79.1 Å². The third-order valence-corrected chi connectivity index (χ3v) is 11.7. The number of pyridine rings is 1. The molecular formula is C38H39ClF2N8O4. The number of amides is 1. The van der Waals surface area contributed by atoms with Crippen molar-refractivity contribution in [3.63, 3.8) is 0 Å². The van der Waals surface area contributed by atoms with Crippen LogP contribution in [0.2, 0.25) is 5.02 Å². The lowest BCUT2D eigenvalue weighted by molar-refractivity contribution is -0.164. The number of alkyl halides is 1. The van der Waals surface area contributed by atoms with Crippen LogP contribution in [0.15, 0.2) is 36.7 Å². The van der Waals surface area contributed by atoms with Crippen LogP contribution in [0.25, 0.3) is 28.2 Å². The Morgan fingerprint density at radius 2 is 2.02 bits per heavy atom. The van der Waals surface area contributed by atoms with Crippen LogP contribution >= 0.6 is 11.6 Å².